The van der Waals surface area contributed by atoms with Crippen molar-refractivity contribution in [1.82, 2.24) is 9.88 Å². The highest BCUT2D eigenvalue weighted by Gasteiger charge is 2.21. The molecule has 0 unspecified atom stereocenters. The van der Waals surface area contributed by atoms with E-state index in [9.17, 15) is 9.18 Å². The zero-order chi connectivity index (χ0) is 13.0. The molecule has 0 radical (unpaired) electrons. The number of carbonyl (C=O) groups is 1. The van der Waals surface area contributed by atoms with Crippen molar-refractivity contribution in [2.24, 2.45) is 0 Å². The molecule has 0 saturated carbocycles. The number of amides is 1. The Bertz CT molecular complexity index is 428. The Kier molecular flexibility index (Phi) is 4.12. The van der Waals surface area contributed by atoms with Crippen molar-refractivity contribution in [3.8, 4) is 0 Å². The maximum absolute atomic E-state index is 13.8. The van der Waals surface area contributed by atoms with E-state index in [2.05, 4.69) is 4.98 Å². The van der Waals surface area contributed by atoms with Gasteiger partial charge in [-0.25, -0.2) is 9.37 Å². The number of nitrogen functional groups attached to an aromatic ring is 1. The molecule has 0 atom stereocenters. The summed E-state index contributed by atoms with van der Waals surface area (Å²) in [6.07, 6.45) is 6.81. The van der Waals surface area contributed by atoms with Gasteiger partial charge in [0.15, 0.2) is 11.6 Å². The predicted molar refractivity (Wildman–Crippen MR) is 67.6 cm³/mol. The van der Waals surface area contributed by atoms with Gasteiger partial charge in [-0.15, -0.1) is 0 Å². The molecule has 0 aliphatic carbocycles. The number of hydrogen-bond acceptors (Lipinski definition) is 3. The summed E-state index contributed by atoms with van der Waals surface area (Å²) < 4.78 is 13.8. The number of nitrogens with two attached hydrogens (primary N) is 1. The number of halogens is 1. The minimum Gasteiger partial charge on any atom is -0.381 e. The Labute approximate surface area is 106 Å². The smallest absolute Gasteiger partial charge is 0.257 e. The molecular formula is C13H18FN3O. The number of pyridine rings is 1. The molecule has 98 valence electrons. The van der Waals surface area contributed by atoms with Crippen LogP contribution in [-0.4, -0.2) is 28.9 Å². The fraction of sp³-hybridized carbons (Fsp3) is 0.538. The molecule has 5 heteroatoms. The van der Waals surface area contributed by atoms with Crippen molar-refractivity contribution >= 4 is 11.7 Å². The van der Waals surface area contributed by atoms with E-state index in [1.807, 2.05) is 0 Å². The Morgan fingerprint density at radius 3 is 2.50 bits per heavy atom. The van der Waals surface area contributed by atoms with Crippen LogP contribution in [0.25, 0.3) is 0 Å². The van der Waals surface area contributed by atoms with E-state index < -0.39 is 5.82 Å². The average Bonchev–Trinajstić information content (AvgIpc) is 2.31. The van der Waals surface area contributed by atoms with Gasteiger partial charge in [0.25, 0.3) is 5.91 Å². The molecule has 1 aromatic heterocycles. The first-order valence-corrected chi connectivity index (χ1v) is 6.39. The number of likely N-dealkylation sites (tertiary alicyclic amines) is 1. The number of rotatable bonds is 1. The van der Waals surface area contributed by atoms with Gasteiger partial charge in [-0.2, -0.15) is 0 Å². The lowest BCUT2D eigenvalue weighted by Gasteiger charge is -2.25. The first-order chi connectivity index (χ1) is 8.70. The van der Waals surface area contributed by atoms with E-state index in [4.69, 9.17) is 5.73 Å². The minimum atomic E-state index is -0.704. The monoisotopic (exact) mass is 251 g/mol. The second kappa shape index (κ2) is 5.80. The van der Waals surface area contributed by atoms with Crippen molar-refractivity contribution in [2.75, 3.05) is 18.8 Å². The van der Waals surface area contributed by atoms with Crippen molar-refractivity contribution in [1.29, 1.82) is 0 Å². The molecule has 18 heavy (non-hydrogen) atoms. The van der Waals surface area contributed by atoms with Crippen molar-refractivity contribution in [2.45, 2.75) is 32.1 Å². The first kappa shape index (κ1) is 12.8. The first-order valence-electron chi connectivity index (χ1n) is 6.39. The largest absolute Gasteiger partial charge is 0.381 e. The molecule has 1 aliphatic rings. The zero-order valence-electron chi connectivity index (χ0n) is 10.4. The van der Waals surface area contributed by atoms with E-state index in [1.54, 1.807) is 4.90 Å². The normalized spacial score (nSPS) is 17.1. The van der Waals surface area contributed by atoms with Crippen LogP contribution in [0.15, 0.2) is 12.3 Å². The highest BCUT2D eigenvalue weighted by atomic mass is 19.1. The van der Waals surface area contributed by atoms with Gasteiger partial charge in [-0.3, -0.25) is 4.79 Å². The maximum atomic E-state index is 13.8. The van der Waals surface area contributed by atoms with Crippen molar-refractivity contribution < 1.29 is 9.18 Å². The van der Waals surface area contributed by atoms with Gasteiger partial charge < -0.3 is 10.6 Å². The zero-order valence-corrected chi connectivity index (χ0v) is 10.4. The summed E-state index contributed by atoms with van der Waals surface area (Å²) in [7, 11) is 0. The predicted octanol–water partition coefficient (Wildman–Crippen LogP) is 2.21. The van der Waals surface area contributed by atoms with E-state index in [0.29, 0.717) is 13.1 Å². The molecule has 2 heterocycles. The third-order valence-corrected chi connectivity index (χ3v) is 3.29. The van der Waals surface area contributed by atoms with Crippen molar-refractivity contribution in [3.05, 3.63) is 23.6 Å². The summed E-state index contributed by atoms with van der Waals surface area (Å²) in [6, 6.07) is 1.40. The molecule has 0 bridgehead atoms. The van der Waals surface area contributed by atoms with Crippen LogP contribution in [0.1, 0.15) is 42.5 Å². The number of anilines is 1. The molecule has 0 spiro atoms. The SMILES string of the molecule is Nc1nccc(C(=O)N2CCCCCCC2)c1F. The van der Waals surface area contributed by atoms with Crippen molar-refractivity contribution in [3.63, 3.8) is 0 Å². The van der Waals surface area contributed by atoms with Gasteiger partial charge in [-0.1, -0.05) is 19.3 Å². The number of aromatic nitrogens is 1. The van der Waals surface area contributed by atoms with Crippen LogP contribution in [0.4, 0.5) is 10.2 Å². The number of nitrogens with zero attached hydrogens (tertiary/aromatic N) is 2. The van der Waals surface area contributed by atoms with Gasteiger partial charge in [0, 0.05) is 19.3 Å². The molecule has 1 amide bonds. The second-order valence-corrected chi connectivity index (χ2v) is 4.62. The van der Waals surface area contributed by atoms with E-state index in [-0.39, 0.29) is 17.3 Å². The molecule has 2 N–H and O–H groups in total. The molecule has 4 nitrogen and oxygen atoms in total. The van der Waals surface area contributed by atoms with Gasteiger partial charge in [0.1, 0.15) is 0 Å². The van der Waals surface area contributed by atoms with Gasteiger partial charge in [0.05, 0.1) is 5.56 Å². The summed E-state index contributed by atoms with van der Waals surface area (Å²) in [6.45, 7) is 1.39. The summed E-state index contributed by atoms with van der Waals surface area (Å²) in [5.41, 5.74) is 5.42. The Hall–Kier alpha value is -1.65. The molecule has 0 aromatic carbocycles. The minimum absolute atomic E-state index is 0.0306. The van der Waals surface area contributed by atoms with E-state index >= 15 is 0 Å². The lowest BCUT2D eigenvalue weighted by atomic mass is 10.1. The Morgan fingerprint density at radius 1 is 1.22 bits per heavy atom. The highest BCUT2D eigenvalue weighted by molar-refractivity contribution is 5.95. The lowest BCUT2D eigenvalue weighted by Crippen LogP contribution is -2.34. The van der Waals surface area contributed by atoms with Crippen LogP contribution in [0.2, 0.25) is 0 Å². The van der Waals surface area contributed by atoms with Crippen LogP contribution >= 0.6 is 0 Å². The summed E-state index contributed by atoms with van der Waals surface area (Å²) in [5.74, 6) is -1.19. The molecule has 2 rings (SSSR count). The fourth-order valence-corrected chi connectivity index (χ4v) is 2.25. The van der Waals surface area contributed by atoms with Gasteiger partial charge in [0.2, 0.25) is 0 Å². The van der Waals surface area contributed by atoms with Gasteiger partial charge >= 0.3 is 0 Å². The molecule has 1 fully saturated rings. The van der Waals surface area contributed by atoms with Crippen LogP contribution < -0.4 is 5.73 Å². The topological polar surface area (TPSA) is 59.2 Å². The fourth-order valence-electron chi connectivity index (χ4n) is 2.25. The molecule has 1 saturated heterocycles. The Balaban J connectivity index is 2.16. The molecule has 1 aliphatic heterocycles. The van der Waals surface area contributed by atoms with Crippen LogP contribution in [0.3, 0.4) is 0 Å². The average molecular weight is 251 g/mol. The lowest BCUT2D eigenvalue weighted by molar-refractivity contribution is 0.0737. The van der Waals surface area contributed by atoms with Crippen LogP contribution in [0.5, 0.6) is 0 Å². The maximum Gasteiger partial charge on any atom is 0.257 e. The Morgan fingerprint density at radius 2 is 1.83 bits per heavy atom. The van der Waals surface area contributed by atoms with E-state index in [1.165, 1.54) is 18.7 Å². The number of carbonyl (C=O) groups excluding carboxylic acids is 1. The standard InChI is InChI=1S/C13H18FN3O/c14-11-10(6-7-16-12(11)15)13(18)17-8-4-2-1-3-5-9-17/h6-7H,1-5,8-9H2,(H2,15,16). The third-order valence-electron chi connectivity index (χ3n) is 3.29. The summed E-state index contributed by atoms with van der Waals surface area (Å²) in [4.78, 5) is 17.6. The second-order valence-electron chi connectivity index (χ2n) is 4.62. The highest BCUT2D eigenvalue weighted by Crippen LogP contribution is 2.17. The number of hydrogen-bond donors (Lipinski definition) is 1. The third kappa shape index (κ3) is 2.78. The van der Waals surface area contributed by atoms with Gasteiger partial charge in [-0.05, 0) is 18.9 Å². The quantitative estimate of drug-likeness (QED) is 0.832. The summed E-state index contributed by atoms with van der Waals surface area (Å²) >= 11 is 0. The van der Waals surface area contributed by atoms with E-state index in [0.717, 1.165) is 25.7 Å². The molecule has 1 aromatic rings. The summed E-state index contributed by atoms with van der Waals surface area (Å²) in [5, 5.41) is 0. The van der Waals surface area contributed by atoms with Crippen LogP contribution in [-0.2, 0) is 0 Å². The van der Waals surface area contributed by atoms with Crippen LogP contribution in [0, 0.1) is 5.82 Å². The molecular weight excluding hydrogens is 233 g/mol.